The van der Waals surface area contributed by atoms with E-state index in [1.807, 2.05) is 30.3 Å². The molecule has 2 N–H and O–H groups in total. The SMILES string of the molecule is C=CC1C[C@]1(NC(=O)OC(C)(C)C)C(=O)NS(=O)(=O)c1cccc(OCc2ccccc2)c1. The van der Waals surface area contributed by atoms with Gasteiger partial charge in [-0.3, -0.25) is 4.79 Å². The molecule has 1 saturated carbocycles. The maximum Gasteiger partial charge on any atom is 0.408 e. The number of hydrogen-bond acceptors (Lipinski definition) is 6. The van der Waals surface area contributed by atoms with Crippen LogP contribution in [0.25, 0.3) is 0 Å². The number of rotatable bonds is 8. The smallest absolute Gasteiger partial charge is 0.408 e. The molecule has 1 unspecified atom stereocenters. The van der Waals surface area contributed by atoms with Crippen molar-refractivity contribution in [1.29, 1.82) is 0 Å². The van der Waals surface area contributed by atoms with Gasteiger partial charge < -0.3 is 14.8 Å². The van der Waals surface area contributed by atoms with Gasteiger partial charge in [0.15, 0.2) is 0 Å². The number of amides is 2. The molecule has 1 aliphatic carbocycles. The maximum absolute atomic E-state index is 12.9. The summed E-state index contributed by atoms with van der Waals surface area (Å²) in [5.74, 6) is -0.930. The van der Waals surface area contributed by atoms with E-state index >= 15 is 0 Å². The van der Waals surface area contributed by atoms with Crippen molar-refractivity contribution < 1.29 is 27.5 Å². The van der Waals surface area contributed by atoms with Crippen molar-refractivity contribution in [3.63, 3.8) is 0 Å². The number of ether oxygens (including phenoxy) is 2. The predicted molar refractivity (Wildman–Crippen MR) is 123 cm³/mol. The number of nitrogens with one attached hydrogen (secondary N) is 2. The molecule has 2 atom stereocenters. The zero-order valence-electron chi connectivity index (χ0n) is 18.8. The third-order valence-electron chi connectivity index (χ3n) is 5.02. The van der Waals surface area contributed by atoms with E-state index in [0.29, 0.717) is 5.75 Å². The van der Waals surface area contributed by atoms with Crippen LogP contribution in [0.15, 0.2) is 72.1 Å². The Labute approximate surface area is 194 Å². The molecule has 1 fully saturated rings. The fraction of sp³-hybridized carbons (Fsp3) is 0.333. The molecule has 0 aliphatic heterocycles. The monoisotopic (exact) mass is 472 g/mol. The molecule has 0 spiro atoms. The van der Waals surface area contributed by atoms with Crippen LogP contribution in [0.3, 0.4) is 0 Å². The highest BCUT2D eigenvalue weighted by molar-refractivity contribution is 7.90. The van der Waals surface area contributed by atoms with Crippen molar-refractivity contribution in [2.75, 3.05) is 0 Å². The van der Waals surface area contributed by atoms with Crippen molar-refractivity contribution in [1.82, 2.24) is 10.0 Å². The van der Waals surface area contributed by atoms with Gasteiger partial charge in [-0.25, -0.2) is 17.9 Å². The van der Waals surface area contributed by atoms with Gasteiger partial charge in [-0.1, -0.05) is 42.5 Å². The van der Waals surface area contributed by atoms with Crippen molar-refractivity contribution >= 4 is 22.0 Å². The molecule has 2 amide bonds. The number of alkyl carbamates (subject to hydrolysis) is 1. The second kappa shape index (κ2) is 9.27. The van der Waals surface area contributed by atoms with E-state index in [2.05, 4.69) is 16.6 Å². The Morgan fingerprint density at radius 3 is 2.45 bits per heavy atom. The standard InChI is InChI=1S/C24H28N2O6S/c1-5-18-15-24(18,25-22(28)32-23(2,3)4)21(27)26-33(29,30)20-13-9-12-19(14-20)31-16-17-10-7-6-8-11-17/h5-14,18H,1,15-16H2,2-4H3,(H,25,28)(H,26,27)/t18?,24-/m1/s1. The Hall–Kier alpha value is -3.33. The molecule has 2 aromatic carbocycles. The molecule has 2 aromatic rings. The highest BCUT2D eigenvalue weighted by Crippen LogP contribution is 2.45. The van der Waals surface area contributed by atoms with Gasteiger partial charge in [-0.15, -0.1) is 6.58 Å². The van der Waals surface area contributed by atoms with Gasteiger partial charge >= 0.3 is 6.09 Å². The van der Waals surface area contributed by atoms with Crippen molar-refractivity contribution in [3.05, 3.63) is 72.8 Å². The normalized spacial score (nSPS) is 19.8. The van der Waals surface area contributed by atoms with Gasteiger partial charge in [0, 0.05) is 12.0 Å². The first-order valence-electron chi connectivity index (χ1n) is 10.4. The van der Waals surface area contributed by atoms with E-state index in [0.717, 1.165) is 5.56 Å². The number of benzene rings is 2. The molecule has 0 bridgehead atoms. The van der Waals surface area contributed by atoms with E-state index < -0.39 is 39.1 Å². The molecule has 0 aromatic heterocycles. The van der Waals surface area contributed by atoms with Crippen LogP contribution in [0.4, 0.5) is 4.79 Å². The zero-order chi connectivity index (χ0) is 24.3. The molecule has 9 heteroatoms. The van der Waals surface area contributed by atoms with Gasteiger partial charge in [-0.05, 0) is 44.9 Å². The van der Waals surface area contributed by atoms with Crippen LogP contribution in [0.1, 0.15) is 32.8 Å². The summed E-state index contributed by atoms with van der Waals surface area (Å²) < 4.78 is 38.8. The van der Waals surface area contributed by atoms with Gasteiger partial charge in [0.1, 0.15) is 23.5 Å². The number of sulfonamides is 1. The summed E-state index contributed by atoms with van der Waals surface area (Å²) >= 11 is 0. The third kappa shape index (κ3) is 6.13. The van der Waals surface area contributed by atoms with Crippen LogP contribution < -0.4 is 14.8 Å². The molecule has 33 heavy (non-hydrogen) atoms. The van der Waals surface area contributed by atoms with Gasteiger partial charge in [0.2, 0.25) is 0 Å². The van der Waals surface area contributed by atoms with Crippen LogP contribution in [0.2, 0.25) is 0 Å². The Kier molecular flexibility index (Phi) is 6.83. The third-order valence-corrected chi connectivity index (χ3v) is 6.35. The molecular weight excluding hydrogens is 444 g/mol. The summed E-state index contributed by atoms with van der Waals surface area (Å²) in [5, 5.41) is 2.52. The van der Waals surface area contributed by atoms with Crippen molar-refractivity contribution in [2.24, 2.45) is 5.92 Å². The molecule has 3 rings (SSSR count). The highest BCUT2D eigenvalue weighted by atomic mass is 32.2. The quantitative estimate of drug-likeness (QED) is 0.569. The summed E-state index contributed by atoms with van der Waals surface area (Å²) in [6.07, 6.45) is 0.912. The van der Waals surface area contributed by atoms with Gasteiger partial charge in [0.05, 0.1) is 4.90 Å². The van der Waals surface area contributed by atoms with E-state index in [1.165, 1.54) is 24.3 Å². The van der Waals surface area contributed by atoms with E-state index in [4.69, 9.17) is 9.47 Å². The molecule has 0 radical (unpaired) electrons. The summed E-state index contributed by atoms with van der Waals surface area (Å²) in [7, 11) is -4.22. The fourth-order valence-corrected chi connectivity index (χ4v) is 4.34. The lowest BCUT2D eigenvalue weighted by atomic mass is 10.2. The highest BCUT2D eigenvalue weighted by Gasteiger charge is 2.61. The van der Waals surface area contributed by atoms with Crippen LogP contribution in [0, 0.1) is 5.92 Å². The van der Waals surface area contributed by atoms with E-state index in [9.17, 15) is 18.0 Å². The first-order chi connectivity index (χ1) is 15.4. The van der Waals surface area contributed by atoms with Gasteiger partial charge in [-0.2, -0.15) is 0 Å². The number of carbonyl (C=O) groups is 2. The number of hydrogen-bond donors (Lipinski definition) is 2. The molecular formula is C24H28N2O6S. The lowest BCUT2D eigenvalue weighted by molar-refractivity contribution is -0.122. The van der Waals surface area contributed by atoms with Crippen LogP contribution in [-0.2, 0) is 26.2 Å². The molecule has 8 nitrogen and oxygen atoms in total. The zero-order valence-corrected chi connectivity index (χ0v) is 19.6. The fourth-order valence-electron chi connectivity index (χ4n) is 3.26. The van der Waals surface area contributed by atoms with E-state index in [-0.39, 0.29) is 17.9 Å². The van der Waals surface area contributed by atoms with Crippen LogP contribution >= 0.6 is 0 Å². The van der Waals surface area contributed by atoms with Crippen LogP contribution in [-0.4, -0.2) is 31.6 Å². The number of carbonyl (C=O) groups excluding carboxylic acids is 2. The Morgan fingerprint density at radius 2 is 1.85 bits per heavy atom. The Balaban J connectivity index is 1.71. The average Bonchev–Trinajstić information content (AvgIpc) is 3.45. The predicted octanol–water partition coefficient (Wildman–Crippen LogP) is 3.54. The van der Waals surface area contributed by atoms with E-state index in [1.54, 1.807) is 26.8 Å². The van der Waals surface area contributed by atoms with Crippen molar-refractivity contribution in [3.8, 4) is 5.75 Å². The molecule has 176 valence electrons. The Morgan fingerprint density at radius 1 is 1.15 bits per heavy atom. The van der Waals surface area contributed by atoms with Crippen molar-refractivity contribution in [2.45, 2.75) is 49.8 Å². The van der Waals surface area contributed by atoms with Crippen LogP contribution in [0.5, 0.6) is 5.75 Å². The Bertz CT molecular complexity index is 1140. The largest absolute Gasteiger partial charge is 0.489 e. The molecule has 1 aliphatic rings. The van der Waals surface area contributed by atoms with Gasteiger partial charge in [0.25, 0.3) is 15.9 Å². The minimum absolute atomic E-state index is 0.135. The molecule has 0 saturated heterocycles. The summed E-state index contributed by atoms with van der Waals surface area (Å²) in [6, 6.07) is 15.3. The molecule has 0 heterocycles. The lowest BCUT2D eigenvalue weighted by Crippen LogP contribution is -2.52. The first kappa shape index (κ1) is 24.3. The summed E-state index contributed by atoms with van der Waals surface area (Å²) in [4.78, 5) is 25.0. The second-order valence-corrected chi connectivity index (χ2v) is 10.5. The topological polar surface area (TPSA) is 111 Å². The average molecular weight is 473 g/mol. The minimum Gasteiger partial charge on any atom is -0.489 e. The summed E-state index contributed by atoms with van der Waals surface area (Å²) in [5.41, 5.74) is -1.27. The summed E-state index contributed by atoms with van der Waals surface area (Å²) in [6.45, 7) is 8.99. The maximum atomic E-state index is 12.9. The second-order valence-electron chi connectivity index (χ2n) is 8.83. The minimum atomic E-state index is -4.22. The first-order valence-corrected chi connectivity index (χ1v) is 11.9. The lowest BCUT2D eigenvalue weighted by Gasteiger charge is -2.23.